The van der Waals surface area contributed by atoms with Crippen LogP contribution in [0.4, 0.5) is 0 Å². The molecule has 1 aromatic carbocycles. The highest BCUT2D eigenvalue weighted by Gasteiger charge is 2.14. The van der Waals surface area contributed by atoms with Gasteiger partial charge in [-0.2, -0.15) is 0 Å². The van der Waals surface area contributed by atoms with Crippen molar-refractivity contribution in [1.82, 2.24) is 10.3 Å². The molecule has 0 aliphatic rings. The maximum atomic E-state index is 12.2. The smallest absolute Gasteiger partial charge is 0.251 e. The number of nitrogens with one attached hydrogen (secondary N) is 1. The normalized spacial score (nSPS) is 11.9. The number of pyridine rings is 1. The Bertz CT molecular complexity index is 587. The average molecular weight is 285 g/mol. The Morgan fingerprint density at radius 1 is 1.29 bits per heavy atom. The van der Waals surface area contributed by atoms with Gasteiger partial charge in [0.25, 0.3) is 5.91 Å². The molecule has 0 fully saturated rings. The van der Waals surface area contributed by atoms with Gasteiger partial charge in [0.2, 0.25) is 0 Å². The van der Waals surface area contributed by atoms with Gasteiger partial charge in [-0.3, -0.25) is 9.78 Å². The van der Waals surface area contributed by atoms with Crippen molar-refractivity contribution in [2.24, 2.45) is 5.73 Å². The van der Waals surface area contributed by atoms with Crippen LogP contribution in [0.15, 0.2) is 48.7 Å². The number of nitrogens with zero attached hydrogens (tertiary/aromatic N) is 1. The molecule has 1 heterocycles. The van der Waals surface area contributed by atoms with E-state index < -0.39 is 0 Å². The molecular weight excluding hydrogens is 266 g/mol. The Kier molecular flexibility index (Phi) is 5.43. The number of hydrogen-bond acceptors (Lipinski definition) is 4. The lowest BCUT2D eigenvalue weighted by atomic mass is 10.1. The summed E-state index contributed by atoms with van der Waals surface area (Å²) in [6, 6.07) is 12.7. The number of nitrogens with two attached hydrogens (primary N) is 1. The topological polar surface area (TPSA) is 88.2 Å². The van der Waals surface area contributed by atoms with E-state index in [0.717, 1.165) is 5.56 Å². The first-order valence-electron chi connectivity index (χ1n) is 6.83. The molecule has 0 saturated carbocycles. The summed E-state index contributed by atoms with van der Waals surface area (Å²) in [7, 11) is 0. The van der Waals surface area contributed by atoms with Gasteiger partial charge in [0, 0.05) is 18.3 Å². The number of aliphatic hydroxyl groups is 1. The summed E-state index contributed by atoms with van der Waals surface area (Å²) in [6.45, 7) is 0.171. The van der Waals surface area contributed by atoms with Gasteiger partial charge in [-0.05, 0) is 24.1 Å². The van der Waals surface area contributed by atoms with Crippen molar-refractivity contribution >= 4 is 5.91 Å². The number of aromatic nitrogens is 1. The summed E-state index contributed by atoms with van der Waals surface area (Å²) < 4.78 is 0. The van der Waals surface area contributed by atoms with Crippen LogP contribution in [0.5, 0.6) is 0 Å². The van der Waals surface area contributed by atoms with E-state index in [-0.39, 0.29) is 25.1 Å². The van der Waals surface area contributed by atoms with E-state index >= 15 is 0 Å². The average Bonchev–Trinajstić information content (AvgIpc) is 2.55. The summed E-state index contributed by atoms with van der Waals surface area (Å²) in [4.78, 5) is 16.2. The summed E-state index contributed by atoms with van der Waals surface area (Å²) >= 11 is 0. The standard InChI is InChI=1S/C16H19N3O2/c17-10-14-9-13(6-7-18-14)16(21)19-15(11-20)8-12-4-2-1-3-5-12/h1-7,9,15,20H,8,10-11,17H2,(H,19,21). The molecule has 0 bridgehead atoms. The number of rotatable bonds is 6. The van der Waals surface area contributed by atoms with Crippen molar-refractivity contribution in [1.29, 1.82) is 0 Å². The number of amides is 1. The van der Waals surface area contributed by atoms with Crippen LogP contribution < -0.4 is 11.1 Å². The van der Waals surface area contributed by atoms with Crippen LogP contribution in [0.3, 0.4) is 0 Å². The third kappa shape index (κ3) is 4.37. The zero-order chi connectivity index (χ0) is 15.1. The number of carbonyl (C=O) groups is 1. The molecule has 0 saturated heterocycles. The van der Waals surface area contributed by atoms with Gasteiger partial charge in [0.1, 0.15) is 0 Å². The molecule has 1 atom stereocenters. The highest BCUT2D eigenvalue weighted by Crippen LogP contribution is 2.05. The predicted octanol–water partition coefficient (Wildman–Crippen LogP) is 0.874. The fourth-order valence-electron chi connectivity index (χ4n) is 2.06. The van der Waals surface area contributed by atoms with E-state index in [1.165, 1.54) is 0 Å². The van der Waals surface area contributed by atoms with Gasteiger partial charge in [-0.25, -0.2) is 0 Å². The molecule has 1 unspecified atom stereocenters. The van der Waals surface area contributed by atoms with Crippen molar-refractivity contribution in [3.8, 4) is 0 Å². The second-order valence-corrected chi connectivity index (χ2v) is 4.78. The van der Waals surface area contributed by atoms with Crippen LogP contribution in [0, 0.1) is 0 Å². The second kappa shape index (κ2) is 7.52. The van der Waals surface area contributed by atoms with Gasteiger partial charge in [-0.1, -0.05) is 30.3 Å². The number of aliphatic hydroxyl groups excluding tert-OH is 1. The van der Waals surface area contributed by atoms with Gasteiger partial charge >= 0.3 is 0 Å². The molecule has 0 radical (unpaired) electrons. The first-order valence-corrected chi connectivity index (χ1v) is 6.83. The molecule has 5 heteroatoms. The molecular formula is C16H19N3O2. The van der Waals surface area contributed by atoms with Crippen molar-refractivity contribution < 1.29 is 9.90 Å². The predicted molar refractivity (Wildman–Crippen MR) is 80.6 cm³/mol. The zero-order valence-corrected chi connectivity index (χ0v) is 11.7. The summed E-state index contributed by atoms with van der Waals surface area (Å²) in [5.41, 5.74) is 7.73. The molecule has 1 aromatic heterocycles. The second-order valence-electron chi connectivity index (χ2n) is 4.78. The molecule has 0 spiro atoms. The Labute approximate surface area is 123 Å². The first-order chi connectivity index (χ1) is 10.2. The van der Waals surface area contributed by atoms with Crippen LogP contribution in [0.1, 0.15) is 21.6 Å². The van der Waals surface area contributed by atoms with Gasteiger partial charge in [0.05, 0.1) is 18.3 Å². The van der Waals surface area contributed by atoms with Crippen molar-refractivity contribution in [3.05, 3.63) is 65.5 Å². The maximum Gasteiger partial charge on any atom is 0.251 e. The summed E-state index contributed by atoms with van der Waals surface area (Å²) in [5, 5.41) is 12.3. The molecule has 0 aliphatic carbocycles. The molecule has 1 amide bonds. The minimum absolute atomic E-state index is 0.116. The van der Waals surface area contributed by atoms with E-state index in [9.17, 15) is 9.90 Å². The van der Waals surface area contributed by atoms with E-state index in [1.807, 2.05) is 30.3 Å². The molecule has 5 nitrogen and oxygen atoms in total. The van der Waals surface area contributed by atoms with Crippen molar-refractivity contribution in [2.45, 2.75) is 19.0 Å². The minimum atomic E-state index is -0.325. The number of hydrogen-bond donors (Lipinski definition) is 3. The zero-order valence-electron chi connectivity index (χ0n) is 11.7. The van der Waals surface area contributed by atoms with Crippen LogP contribution in [-0.2, 0) is 13.0 Å². The van der Waals surface area contributed by atoms with E-state index in [1.54, 1.807) is 18.3 Å². The van der Waals surface area contributed by atoms with E-state index in [2.05, 4.69) is 10.3 Å². The van der Waals surface area contributed by atoms with Crippen LogP contribution in [-0.4, -0.2) is 28.6 Å². The molecule has 110 valence electrons. The lowest BCUT2D eigenvalue weighted by Gasteiger charge is -2.16. The minimum Gasteiger partial charge on any atom is -0.394 e. The van der Waals surface area contributed by atoms with Gasteiger partial charge in [-0.15, -0.1) is 0 Å². The lowest BCUT2D eigenvalue weighted by Crippen LogP contribution is -2.39. The Balaban J connectivity index is 2.02. The van der Waals surface area contributed by atoms with E-state index in [0.29, 0.717) is 17.7 Å². The first kappa shape index (κ1) is 15.2. The fraction of sp³-hybridized carbons (Fsp3) is 0.250. The lowest BCUT2D eigenvalue weighted by molar-refractivity contribution is 0.0916. The van der Waals surface area contributed by atoms with Crippen molar-refractivity contribution in [2.75, 3.05) is 6.61 Å². The molecule has 2 rings (SSSR count). The number of carbonyl (C=O) groups excluding carboxylic acids is 1. The fourth-order valence-corrected chi connectivity index (χ4v) is 2.06. The summed E-state index contributed by atoms with van der Waals surface area (Å²) in [5.74, 6) is -0.234. The van der Waals surface area contributed by atoms with Gasteiger partial charge in [0.15, 0.2) is 0 Å². The molecule has 2 aromatic rings. The molecule has 0 aliphatic heterocycles. The number of benzene rings is 1. The molecule has 4 N–H and O–H groups in total. The van der Waals surface area contributed by atoms with Crippen LogP contribution in [0.2, 0.25) is 0 Å². The van der Waals surface area contributed by atoms with E-state index in [4.69, 9.17) is 5.73 Å². The quantitative estimate of drug-likeness (QED) is 0.735. The Morgan fingerprint density at radius 2 is 2.05 bits per heavy atom. The monoisotopic (exact) mass is 285 g/mol. The van der Waals surface area contributed by atoms with Crippen LogP contribution in [0.25, 0.3) is 0 Å². The highest BCUT2D eigenvalue weighted by molar-refractivity contribution is 5.94. The maximum absolute atomic E-state index is 12.2. The third-order valence-corrected chi connectivity index (χ3v) is 3.17. The molecule has 21 heavy (non-hydrogen) atoms. The Hall–Kier alpha value is -2.24. The van der Waals surface area contributed by atoms with Crippen LogP contribution >= 0.6 is 0 Å². The highest BCUT2D eigenvalue weighted by atomic mass is 16.3. The SMILES string of the molecule is NCc1cc(C(=O)NC(CO)Cc2ccccc2)ccn1. The van der Waals surface area contributed by atoms with Crippen molar-refractivity contribution in [3.63, 3.8) is 0 Å². The largest absolute Gasteiger partial charge is 0.394 e. The van der Waals surface area contributed by atoms with Gasteiger partial charge < -0.3 is 16.2 Å². The Morgan fingerprint density at radius 3 is 2.71 bits per heavy atom. The summed E-state index contributed by atoms with van der Waals surface area (Å²) in [6.07, 6.45) is 2.14. The third-order valence-electron chi connectivity index (χ3n) is 3.17.